The molecule has 2 aliphatic rings. The Morgan fingerprint density at radius 2 is 2.00 bits per heavy atom. The van der Waals surface area contributed by atoms with Gasteiger partial charge in [-0.2, -0.15) is 0 Å². The minimum Gasteiger partial charge on any atom is -0.504 e. The SMILES string of the molecule is O=C(Nc1ncccc1O)[C@@H]1CCCN(C(=O)NC2CCCC2)C1. The summed E-state index contributed by atoms with van der Waals surface area (Å²) in [6, 6.07) is 3.28. The van der Waals surface area contributed by atoms with Crippen LogP contribution in [0.15, 0.2) is 18.3 Å². The number of hydrogen-bond donors (Lipinski definition) is 3. The number of likely N-dealkylation sites (tertiary alicyclic amines) is 1. The second-order valence-corrected chi connectivity index (χ2v) is 6.58. The van der Waals surface area contributed by atoms with Gasteiger partial charge in [-0.05, 0) is 37.8 Å². The quantitative estimate of drug-likeness (QED) is 0.790. The molecule has 7 nitrogen and oxygen atoms in total. The second kappa shape index (κ2) is 7.51. The van der Waals surface area contributed by atoms with Gasteiger partial charge in [-0.1, -0.05) is 12.8 Å². The Kier molecular flexibility index (Phi) is 5.17. The van der Waals surface area contributed by atoms with Crippen LogP contribution in [-0.2, 0) is 4.79 Å². The Morgan fingerprint density at radius 3 is 2.75 bits per heavy atom. The van der Waals surface area contributed by atoms with Crippen LogP contribution in [0.5, 0.6) is 5.75 Å². The minimum atomic E-state index is -0.283. The van der Waals surface area contributed by atoms with E-state index in [-0.39, 0.29) is 35.5 Å². The van der Waals surface area contributed by atoms with Gasteiger partial charge in [-0.3, -0.25) is 4.79 Å². The van der Waals surface area contributed by atoms with E-state index in [1.54, 1.807) is 11.0 Å². The molecule has 1 aliphatic carbocycles. The largest absolute Gasteiger partial charge is 0.504 e. The number of hydrogen-bond acceptors (Lipinski definition) is 4. The van der Waals surface area contributed by atoms with Gasteiger partial charge in [0.2, 0.25) is 5.91 Å². The van der Waals surface area contributed by atoms with Crippen LogP contribution in [0.2, 0.25) is 0 Å². The van der Waals surface area contributed by atoms with Gasteiger partial charge in [0, 0.05) is 25.3 Å². The number of carbonyl (C=O) groups is 2. The fraction of sp³-hybridized carbons (Fsp3) is 0.588. The number of rotatable bonds is 3. The van der Waals surface area contributed by atoms with Crippen molar-refractivity contribution in [2.24, 2.45) is 5.92 Å². The zero-order chi connectivity index (χ0) is 16.9. The number of nitrogens with zero attached hydrogens (tertiary/aromatic N) is 2. The number of aromatic nitrogens is 1. The fourth-order valence-corrected chi connectivity index (χ4v) is 3.42. The van der Waals surface area contributed by atoms with Gasteiger partial charge in [0.1, 0.15) is 0 Å². The molecule has 0 radical (unpaired) electrons. The first-order chi connectivity index (χ1) is 11.6. The molecule has 0 aromatic carbocycles. The average molecular weight is 332 g/mol. The smallest absolute Gasteiger partial charge is 0.317 e. The van der Waals surface area contributed by atoms with Crippen LogP contribution >= 0.6 is 0 Å². The maximum atomic E-state index is 12.4. The van der Waals surface area contributed by atoms with Crippen LogP contribution in [0.3, 0.4) is 0 Å². The first-order valence-corrected chi connectivity index (χ1v) is 8.64. The van der Waals surface area contributed by atoms with Crippen molar-refractivity contribution in [2.75, 3.05) is 18.4 Å². The summed E-state index contributed by atoms with van der Waals surface area (Å²) < 4.78 is 0. The van der Waals surface area contributed by atoms with Crippen molar-refractivity contribution in [2.45, 2.75) is 44.6 Å². The van der Waals surface area contributed by atoms with Crippen LogP contribution in [-0.4, -0.2) is 46.1 Å². The first-order valence-electron chi connectivity index (χ1n) is 8.64. The predicted molar refractivity (Wildman–Crippen MR) is 89.6 cm³/mol. The lowest BCUT2D eigenvalue weighted by molar-refractivity contribution is -0.121. The molecule has 1 saturated heterocycles. The van der Waals surface area contributed by atoms with Crippen molar-refractivity contribution in [3.05, 3.63) is 18.3 Å². The summed E-state index contributed by atoms with van der Waals surface area (Å²) in [6.07, 6.45) is 7.46. The molecule has 1 aromatic rings. The molecule has 0 bridgehead atoms. The molecule has 1 atom stereocenters. The van der Waals surface area contributed by atoms with Gasteiger partial charge in [-0.15, -0.1) is 0 Å². The third-order valence-corrected chi connectivity index (χ3v) is 4.79. The molecule has 3 N–H and O–H groups in total. The second-order valence-electron chi connectivity index (χ2n) is 6.58. The monoisotopic (exact) mass is 332 g/mol. The van der Waals surface area contributed by atoms with E-state index in [2.05, 4.69) is 15.6 Å². The minimum absolute atomic E-state index is 0.0579. The lowest BCUT2D eigenvalue weighted by atomic mass is 9.97. The molecule has 0 spiro atoms. The number of nitrogens with one attached hydrogen (secondary N) is 2. The summed E-state index contributed by atoms with van der Waals surface area (Å²) in [7, 11) is 0. The van der Waals surface area contributed by atoms with Gasteiger partial charge in [0.05, 0.1) is 5.92 Å². The van der Waals surface area contributed by atoms with Crippen LogP contribution in [0.4, 0.5) is 10.6 Å². The average Bonchev–Trinajstić information content (AvgIpc) is 3.10. The van der Waals surface area contributed by atoms with Crippen LogP contribution < -0.4 is 10.6 Å². The summed E-state index contributed by atoms with van der Waals surface area (Å²) in [6.45, 7) is 1.08. The molecule has 3 amide bonds. The summed E-state index contributed by atoms with van der Waals surface area (Å²) in [4.78, 5) is 30.5. The third-order valence-electron chi connectivity index (χ3n) is 4.79. The van der Waals surface area contributed by atoms with E-state index in [0.717, 1.165) is 25.7 Å². The zero-order valence-electron chi connectivity index (χ0n) is 13.7. The highest BCUT2D eigenvalue weighted by atomic mass is 16.3. The fourth-order valence-electron chi connectivity index (χ4n) is 3.42. The number of urea groups is 1. The number of piperidine rings is 1. The highest BCUT2D eigenvalue weighted by Crippen LogP contribution is 2.23. The molecule has 130 valence electrons. The van der Waals surface area contributed by atoms with E-state index >= 15 is 0 Å². The standard InChI is InChI=1S/C17H24N4O3/c22-14-8-3-9-18-15(14)20-16(23)12-5-4-10-21(11-12)17(24)19-13-6-1-2-7-13/h3,8-9,12-13,22H,1-2,4-7,10-11H2,(H,19,24)(H,18,20,23)/t12-/m1/s1. The van der Waals surface area contributed by atoms with E-state index in [9.17, 15) is 14.7 Å². The van der Waals surface area contributed by atoms with E-state index in [1.165, 1.54) is 25.1 Å². The van der Waals surface area contributed by atoms with Crippen LogP contribution in [0.25, 0.3) is 0 Å². The van der Waals surface area contributed by atoms with Crippen molar-refractivity contribution in [3.63, 3.8) is 0 Å². The molecule has 3 rings (SSSR count). The third kappa shape index (κ3) is 3.96. The van der Waals surface area contributed by atoms with E-state index in [0.29, 0.717) is 13.1 Å². The zero-order valence-corrected chi connectivity index (χ0v) is 13.7. The van der Waals surface area contributed by atoms with Gasteiger partial charge in [0.25, 0.3) is 0 Å². The molecular formula is C17H24N4O3. The van der Waals surface area contributed by atoms with E-state index in [1.807, 2.05) is 0 Å². The summed E-state index contributed by atoms with van der Waals surface area (Å²) in [5, 5.41) is 15.4. The Bertz CT molecular complexity index is 601. The summed E-state index contributed by atoms with van der Waals surface area (Å²) in [5.74, 6) is -0.385. The number of aromatic hydroxyl groups is 1. The topological polar surface area (TPSA) is 94.6 Å². The summed E-state index contributed by atoms with van der Waals surface area (Å²) >= 11 is 0. The number of pyridine rings is 1. The van der Waals surface area contributed by atoms with Crippen molar-refractivity contribution in [1.82, 2.24) is 15.2 Å². The molecule has 2 heterocycles. The Labute approximate surface area is 141 Å². The van der Waals surface area contributed by atoms with Crippen LogP contribution in [0, 0.1) is 5.92 Å². The van der Waals surface area contributed by atoms with Gasteiger partial charge < -0.3 is 20.6 Å². The normalized spacial score (nSPS) is 21.5. The van der Waals surface area contributed by atoms with Gasteiger partial charge in [-0.25, -0.2) is 9.78 Å². The molecule has 24 heavy (non-hydrogen) atoms. The van der Waals surface area contributed by atoms with Crippen molar-refractivity contribution in [3.8, 4) is 5.75 Å². The van der Waals surface area contributed by atoms with Gasteiger partial charge >= 0.3 is 6.03 Å². The molecule has 7 heteroatoms. The van der Waals surface area contributed by atoms with Crippen LogP contribution in [0.1, 0.15) is 38.5 Å². The number of carbonyl (C=O) groups excluding carboxylic acids is 2. The number of anilines is 1. The maximum absolute atomic E-state index is 12.4. The van der Waals surface area contributed by atoms with E-state index < -0.39 is 0 Å². The first kappa shape index (κ1) is 16.5. The molecule has 1 aliphatic heterocycles. The highest BCUT2D eigenvalue weighted by molar-refractivity contribution is 5.93. The highest BCUT2D eigenvalue weighted by Gasteiger charge is 2.30. The van der Waals surface area contributed by atoms with Crippen molar-refractivity contribution in [1.29, 1.82) is 0 Å². The molecule has 2 fully saturated rings. The molecular weight excluding hydrogens is 308 g/mol. The van der Waals surface area contributed by atoms with Crippen molar-refractivity contribution < 1.29 is 14.7 Å². The Hall–Kier alpha value is -2.31. The molecule has 0 unspecified atom stereocenters. The lowest BCUT2D eigenvalue weighted by Gasteiger charge is -2.32. The maximum Gasteiger partial charge on any atom is 0.317 e. The van der Waals surface area contributed by atoms with Gasteiger partial charge in [0.15, 0.2) is 11.6 Å². The summed E-state index contributed by atoms with van der Waals surface area (Å²) in [5.41, 5.74) is 0. The molecule has 1 saturated carbocycles. The Balaban J connectivity index is 1.55. The number of amides is 3. The van der Waals surface area contributed by atoms with E-state index in [4.69, 9.17) is 0 Å². The Morgan fingerprint density at radius 1 is 1.21 bits per heavy atom. The molecule has 1 aromatic heterocycles. The lowest BCUT2D eigenvalue weighted by Crippen LogP contribution is -2.49. The predicted octanol–water partition coefficient (Wildman–Crippen LogP) is 2.09. The van der Waals surface area contributed by atoms with Crippen molar-refractivity contribution >= 4 is 17.8 Å².